The first-order valence-electron chi connectivity index (χ1n) is 14.1. The number of hydrogen-bond donors (Lipinski definition) is 2. The van der Waals surface area contributed by atoms with Gasteiger partial charge >= 0.3 is 0 Å². The second kappa shape index (κ2) is 13.5. The van der Waals surface area contributed by atoms with Crippen molar-refractivity contribution in [2.45, 2.75) is 41.5 Å². The summed E-state index contributed by atoms with van der Waals surface area (Å²) in [7, 11) is 3.19. The fourth-order valence-corrected chi connectivity index (χ4v) is 6.72. The Hall–Kier alpha value is -3.39. The average Bonchev–Trinajstić information content (AvgIpc) is 3.40. The van der Waals surface area contributed by atoms with Gasteiger partial charge in [0.15, 0.2) is 16.7 Å². The molecular weight excluding hydrogens is 629 g/mol. The molecule has 242 valence electrons. The Bertz CT molecular complexity index is 1750. The SMILES string of the molecule is COc1cc(C(C)(C)c2[nH]c(SCc3c(F)cc(S(=O)(=O)NCCC[N+](C)(C)C)cc3F)nc2-c2ccc(F)cc2)ccc1F. The van der Waals surface area contributed by atoms with Gasteiger partial charge < -0.3 is 14.2 Å². The third-order valence-electron chi connectivity index (χ3n) is 7.37. The van der Waals surface area contributed by atoms with Gasteiger partial charge in [-0.25, -0.2) is 35.7 Å². The van der Waals surface area contributed by atoms with Gasteiger partial charge in [-0.15, -0.1) is 0 Å². The van der Waals surface area contributed by atoms with E-state index in [1.165, 1.54) is 25.3 Å². The first kappa shape index (κ1) is 34.5. The molecule has 1 heterocycles. The molecule has 0 amide bonds. The third kappa shape index (κ3) is 8.26. The molecule has 45 heavy (non-hydrogen) atoms. The van der Waals surface area contributed by atoms with Crippen LogP contribution in [-0.4, -0.2) is 64.2 Å². The maximum Gasteiger partial charge on any atom is 0.240 e. The molecule has 0 saturated carbocycles. The molecule has 0 aliphatic heterocycles. The Labute approximate surface area is 265 Å². The van der Waals surface area contributed by atoms with Crippen molar-refractivity contribution in [3.05, 3.63) is 94.7 Å². The Kier molecular flexibility index (Phi) is 10.4. The summed E-state index contributed by atoms with van der Waals surface area (Å²) in [4.78, 5) is 7.43. The molecule has 0 unspecified atom stereocenters. The van der Waals surface area contributed by atoms with Gasteiger partial charge in [-0.1, -0.05) is 31.7 Å². The zero-order chi connectivity index (χ0) is 33.2. The molecule has 0 bridgehead atoms. The first-order valence-corrected chi connectivity index (χ1v) is 16.6. The molecular formula is C32H37F4N4O3S2+. The van der Waals surface area contributed by atoms with E-state index in [2.05, 4.69) is 14.7 Å². The van der Waals surface area contributed by atoms with E-state index in [0.717, 1.165) is 23.9 Å². The normalized spacial score (nSPS) is 12.5. The average molecular weight is 666 g/mol. The van der Waals surface area contributed by atoms with Crippen molar-refractivity contribution in [1.82, 2.24) is 14.7 Å². The Morgan fingerprint density at radius 3 is 2.20 bits per heavy atom. The Balaban J connectivity index is 1.61. The molecule has 7 nitrogen and oxygen atoms in total. The standard InChI is InChI=1S/C32H37F4N4O3S2/c1-32(2,21-10-13-25(34)28(16-21)43-6)30-29(20-8-11-22(33)12-9-20)38-31(39-30)44-19-24-26(35)17-23(18-27(24)36)45(41,42)37-14-7-15-40(3,4)5/h8-13,16-18,37H,7,14-15,19H2,1-6H3,(H,38,39)/q+1. The summed E-state index contributed by atoms with van der Waals surface area (Å²) >= 11 is 1.02. The lowest BCUT2D eigenvalue weighted by atomic mass is 9.79. The smallest absolute Gasteiger partial charge is 0.240 e. The van der Waals surface area contributed by atoms with E-state index in [9.17, 15) is 17.2 Å². The van der Waals surface area contributed by atoms with Crippen LogP contribution in [0.1, 0.15) is 37.1 Å². The molecule has 4 rings (SSSR count). The predicted molar refractivity (Wildman–Crippen MR) is 168 cm³/mol. The van der Waals surface area contributed by atoms with Crippen molar-refractivity contribution in [2.24, 2.45) is 0 Å². The number of H-pyrrole nitrogens is 1. The van der Waals surface area contributed by atoms with E-state index in [1.54, 1.807) is 24.3 Å². The first-order chi connectivity index (χ1) is 21.0. The fourth-order valence-electron chi connectivity index (χ4n) is 4.74. The summed E-state index contributed by atoms with van der Waals surface area (Å²) in [5, 5.41) is 0.320. The second-order valence-corrected chi connectivity index (χ2v) is 14.9. The zero-order valence-corrected chi connectivity index (χ0v) is 27.6. The fraction of sp³-hybridized carbons (Fsp3) is 0.344. The number of rotatable bonds is 13. The largest absolute Gasteiger partial charge is 0.494 e. The highest BCUT2D eigenvalue weighted by Gasteiger charge is 2.31. The van der Waals surface area contributed by atoms with Crippen LogP contribution in [0.5, 0.6) is 5.75 Å². The van der Waals surface area contributed by atoms with Gasteiger partial charge in [0.1, 0.15) is 17.5 Å². The van der Waals surface area contributed by atoms with E-state index >= 15 is 8.78 Å². The van der Waals surface area contributed by atoms with Crippen molar-refractivity contribution < 1.29 is 35.2 Å². The molecule has 4 aromatic rings. The Morgan fingerprint density at radius 2 is 1.60 bits per heavy atom. The maximum absolute atomic E-state index is 15.1. The van der Waals surface area contributed by atoms with Gasteiger partial charge in [-0.05, 0) is 54.1 Å². The van der Waals surface area contributed by atoms with Gasteiger partial charge in [0.05, 0.1) is 51.1 Å². The van der Waals surface area contributed by atoms with E-state index in [4.69, 9.17) is 4.74 Å². The number of halogens is 4. The lowest BCUT2D eigenvalue weighted by Gasteiger charge is -2.26. The molecule has 0 saturated heterocycles. The topological polar surface area (TPSA) is 84.1 Å². The number of nitrogens with zero attached hydrogens (tertiary/aromatic N) is 2. The highest BCUT2D eigenvalue weighted by Crippen LogP contribution is 2.40. The summed E-state index contributed by atoms with van der Waals surface area (Å²) in [6.07, 6.45) is 0.555. The molecule has 13 heteroatoms. The highest BCUT2D eigenvalue weighted by atomic mass is 32.2. The summed E-state index contributed by atoms with van der Waals surface area (Å²) in [6, 6.07) is 11.9. The molecule has 0 aliphatic rings. The number of methoxy groups -OCH3 is 1. The van der Waals surface area contributed by atoms with Gasteiger partial charge in [0, 0.05) is 35.3 Å². The van der Waals surface area contributed by atoms with Crippen molar-refractivity contribution >= 4 is 21.8 Å². The summed E-state index contributed by atoms with van der Waals surface area (Å²) in [5.74, 6) is -3.08. The Morgan fingerprint density at radius 1 is 0.956 bits per heavy atom. The summed E-state index contributed by atoms with van der Waals surface area (Å²) in [6.45, 7) is 4.64. The maximum atomic E-state index is 15.1. The molecule has 0 aliphatic carbocycles. The van der Waals surface area contributed by atoms with Crippen molar-refractivity contribution in [3.8, 4) is 17.0 Å². The van der Waals surface area contributed by atoms with Gasteiger partial charge in [0.2, 0.25) is 10.0 Å². The quantitative estimate of drug-likeness (QED) is 0.0725. The van der Waals surface area contributed by atoms with Crippen molar-refractivity contribution in [3.63, 3.8) is 0 Å². The summed E-state index contributed by atoms with van der Waals surface area (Å²) < 4.78 is 91.8. The number of imidazole rings is 1. The molecule has 2 N–H and O–H groups in total. The van der Waals surface area contributed by atoms with Gasteiger partial charge in [-0.2, -0.15) is 0 Å². The lowest BCUT2D eigenvalue weighted by Crippen LogP contribution is -2.37. The molecule has 1 aromatic heterocycles. The second-order valence-electron chi connectivity index (χ2n) is 12.2. The minimum absolute atomic E-state index is 0.0637. The van der Waals surface area contributed by atoms with Crippen LogP contribution in [-0.2, 0) is 21.2 Å². The number of quaternary nitrogens is 1. The lowest BCUT2D eigenvalue weighted by molar-refractivity contribution is -0.870. The number of hydrogen-bond acceptors (Lipinski definition) is 5. The third-order valence-corrected chi connectivity index (χ3v) is 9.71. The number of aromatic nitrogens is 2. The molecule has 0 spiro atoms. The number of thioether (sulfide) groups is 1. The molecule has 0 radical (unpaired) electrons. The van der Waals surface area contributed by atoms with Crippen LogP contribution >= 0.6 is 11.8 Å². The minimum atomic E-state index is -4.11. The number of benzene rings is 3. The molecule has 0 fully saturated rings. The number of aromatic amines is 1. The summed E-state index contributed by atoms with van der Waals surface area (Å²) in [5.41, 5.74) is 1.27. The van der Waals surface area contributed by atoms with Crippen molar-refractivity contribution in [2.75, 3.05) is 41.3 Å². The highest BCUT2D eigenvalue weighted by molar-refractivity contribution is 7.98. The van der Waals surface area contributed by atoms with Crippen LogP contribution in [0.4, 0.5) is 17.6 Å². The van der Waals surface area contributed by atoms with Crippen LogP contribution in [0.3, 0.4) is 0 Å². The predicted octanol–water partition coefficient (Wildman–Crippen LogP) is 6.63. The van der Waals surface area contributed by atoms with E-state index < -0.39 is 43.6 Å². The van der Waals surface area contributed by atoms with Crippen LogP contribution < -0.4 is 9.46 Å². The minimum Gasteiger partial charge on any atom is -0.494 e. The van der Waals surface area contributed by atoms with Gasteiger partial charge in [-0.3, -0.25) is 0 Å². The number of nitrogens with one attached hydrogen (secondary N) is 2. The van der Waals surface area contributed by atoms with Gasteiger partial charge in [0.25, 0.3) is 0 Å². The van der Waals surface area contributed by atoms with Crippen LogP contribution in [0.15, 0.2) is 64.6 Å². The number of sulfonamides is 1. The zero-order valence-electron chi connectivity index (χ0n) is 26.0. The molecule has 0 atom stereocenters. The monoisotopic (exact) mass is 665 g/mol. The number of ether oxygens (including phenoxy) is 1. The molecule has 3 aromatic carbocycles. The van der Waals surface area contributed by atoms with E-state index in [1.807, 2.05) is 35.0 Å². The van der Waals surface area contributed by atoms with E-state index in [-0.39, 0.29) is 23.6 Å². The van der Waals surface area contributed by atoms with Crippen molar-refractivity contribution in [1.29, 1.82) is 0 Å². The van der Waals surface area contributed by atoms with Crippen LogP contribution in [0.2, 0.25) is 0 Å². The van der Waals surface area contributed by atoms with Crippen LogP contribution in [0.25, 0.3) is 11.3 Å². The van der Waals surface area contributed by atoms with Crippen LogP contribution in [0, 0.1) is 23.3 Å². The van der Waals surface area contributed by atoms with E-state index in [0.29, 0.717) is 45.1 Å².